The molecule has 0 fully saturated rings. The first-order chi connectivity index (χ1) is 9.52. The zero-order valence-electron chi connectivity index (χ0n) is 11.3. The molecular weight excluding hydrogens is 255 g/mol. The smallest absolute Gasteiger partial charge is 0.123 e. The Morgan fingerprint density at radius 1 is 1.25 bits per heavy atom. The van der Waals surface area contributed by atoms with Gasteiger partial charge in [-0.1, -0.05) is 6.07 Å². The number of nitrogens with zero attached hydrogens (tertiary/aromatic N) is 2. The fraction of sp³-hybridized carbons (Fsp3) is 0.188. The molecule has 102 valence electrons. The molecule has 1 atom stereocenters. The molecule has 0 aliphatic heterocycles. The van der Waals surface area contributed by atoms with Crippen LogP contribution in [-0.4, -0.2) is 12.2 Å². The lowest BCUT2D eigenvalue weighted by atomic mass is 10.1. The van der Waals surface area contributed by atoms with Crippen LogP contribution in [0.15, 0.2) is 42.5 Å². The van der Waals surface area contributed by atoms with Crippen molar-refractivity contribution in [3.05, 3.63) is 59.4 Å². The van der Waals surface area contributed by atoms with Crippen molar-refractivity contribution in [2.75, 3.05) is 11.9 Å². The zero-order chi connectivity index (χ0) is 14.7. The minimum atomic E-state index is -0.776. The molecule has 3 nitrogen and oxygen atoms in total. The Bertz CT molecular complexity index is 662. The standard InChI is InChI=1S/C16H15FN2O/c1-11(20)15-9-13(17)6-7-16(15)19(2)14-5-3-4-12(8-14)10-18/h3-9,11,20H,1-2H3/t11-/m1/s1. The van der Waals surface area contributed by atoms with Gasteiger partial charge in [-0.25, -0.2) is 4.39 Å². The third kappa shape index (κ3) is 2.79. The van der Waals surface area contributed by atoms with Gasteiger partial charge in [0, 0.05) is 24.0 Å². The quantitative estimate of drug-likeness (QED) is 0.928. The molecule has 0 saturated heterocycles. The minimum absolute atomic E-state index is 0.385. The largest absolute Gasteiger partial charge is 0.389 e. The van der Waals surface area contributed by atoms with E-state index >= 15 is 0 Å². The second kappa shape index (κ2) is 5.72. The first-order valence-corrected chi connectivity index (χ1v) is 6.24. The number of aliphatic hydroxyl groups excluding tert-OH is 1. The highest BCUT2D eigenvalue weighted by atomic mass is 19.1. The van der Waals surface area contributed by atoms with Crippen molar-refractivity contribution in [3.63, 3.8) is 0 Å². The number of nitriles is 1. The summed E-state index contributed by atoms with van der Waals surface area (Å²) in [6.45, 7) is 1.60. The highest BCUT2D eigenvalue weighted by molar-refractivity contribution is 5.67. The Morgan fingerprint density at radius 2 is 2.00 bits per heavy atom. The van der Waals surface area contributed by atoms with Crippen LogP contribution in [0.3, 0.4) is 0 Å². The van der Waals surface area contributed by atoms with Crippen molar-refractivity contribution >= 4 is 11.4 Å². The van der Waals surface area contributed by atoms with E-state index in [-0.39, 0.29) is 5.82 Å². The minimum Gasteiger partial charge on any atom is -0.389 e. The average molecular weight is 270 g/mol. The van der Waals surface area contributed by atoms with E-state index in [2.05, 4.69) is 6.07 Å². The highest BCUT2D eigenvalue weighted by Gasteiger charge is 2.14. The summed E-state index contributed by atoms with van der Waals surface area (Å²) in [7, 11) is 1.82. The second-order valence-electron chi connectivity index (χ2n) is 4.60. The van der Waals surface area contributed by atoms with Crippen LogP contribution in [0.4, 0.5) is 15.8 Å². The molecule has 0 aliphatic rings. The fourth-order valence-corrected chi connectivity index (χ4v) is 2.09. The Balaban J connectivity index is 2.47. The molecular formula is C16H15FN2O. The van der Waals surface area contributed by atoms with Gasteiger partial charge in [0.1, 0.15) is 5.82 Å². The van der Waals surface area contributed by atoms with E-state index in [1.807, 2.05) is 18.0 Å². The lowest BCUT2D eigenvalue weighted by Gasteiger charge is -2.24. The molecule has 0 saturated carbocycles. The zero-order valence-corrected chi connectivity index (χ0v) is 11.3. The van der Waals surface area contributed by atoms with Gasteiger partial charge in [-0.2, -0.15) is 5.26 Å². The normalized spacial score (nSPS) is 11.8. The van der Waals surface area contributed by atoms with Gasteiger partial charge in [0.15, 0.2) is 0 Å². The molecule has 0 aliphatic carbocycles. The second-order valence-corrected chi connectivity index (χ2v) is 4.60. The number of benzene rings is 2. The highest BCUT2D eigenvalue weighted by Crippen LogP contribution is 2.31. The number of rotatable bonds is 3. The van der Waals surface area contributed by atoms with Crippen molar-refractivity contribution in [2.45, 2.75) is 13.0 Å². The van der Waals surface area contributed by atoms with Gasteiger partial charge in [0.2, 0.25) is 0 Å². The SMILES string of the molecule is C[C@@H](O)c1cc(F)ccc1N(C)c1cccc(C#N)c1. The molecule has 2 aromatic rings. The van der Waals surface area contributed by atoms with E-state index < -0.39 is 6.10 Å². The molecule has 2 rings (SSSR count). The van der Waals surface area contributed by atoms with E-state index in [0.717, 1.165) is 5.69 Å². The molecule has 0 amide bonds. The van der Waals surface area contributed by atoms with Gasteiger partial charge in [-0.15, -0.1) is 0 Å². The molecule has 0 aromatic heterocycles. The van der Waals surface area contributed by atoms with Crippen molar-refractivity contribution in [1.29, 1.82) is 5.26 Å². The van der Waals surface area contributed by atoms with Gasteiger partial charge in [-0.05, 0) is 43.3 Å². The van der Waals surface area contributed by atoms with E-state index in [1.54, 1.807) is 31.2 Å². The van der Waals surface area contributed by atoms with Crippen LogP contribution in [0.25, 0.3) is 0 Å². The third-order valence-electron chi connectivity index (χ3n) is 3.16. The van der Waals surface area contributed by atoms with Gasteiger partial charge < -0.3 is 10.0 Å². The maximum Gasteiger partial charge on any atom is 0.123 e. The summed E-state index contributed by atoms with van der Waals surface area (Å²) in [6, 6.07) is 13.5. The van der Waals surface area contributed by atoms with Crippen molar-refractivity contribution in [1.82, 2.24) is 0 Å². The molecule has 0 radical (unpaired) electrons. The van der Waals surface area contributed by atoms with E-state index in [1.165, 1.54) is 12.1 Å². The molecule has 0 heterocycles. The predicted octanol–water partition coefficient (Wildman–Crippen LogP) is 3.52. The fourth-order valence-electron chi connectivity index (χ4n) is 2.09. The van der Waals surface area contributed by atoms with E-state index in [4.69, 9.17) is 5.26 Å². The predicted molar refractivity (Wildman–Crippen MR) is 76.3 cm³/mol. The molecule has 0 spiro atoms. The lowest BCUT2D eigenvalue weighted by molar-refractivity contribution is 0.199. The van der Waals surface area contributed by atoms with Crippen LogP contribution in [0, 0.1) is 17.1 Å². The summed E-state index contributed by atoms with van der Waals surface area (Å²) in [5, 5.41) is 18.7. The van der Waals surface area contributed by atoms with Crippen LogP contribution in [0.1, 0.15) is 24.2 Å². The first-order valence-electron chi connectivity index (χ1n) is 6.24. The number of hydrogen-bond donors (Lipinski definition) is 1. The van der Waals surface area contributed by atoms with Gasteiger partial charge in [0.05, 0.1) is 17.7 Å². The number of aliphatic hydroxyl groups is 1. The molecule has 4 heteroatoms. The molecule has 1 N–H and O–H groups in total. The monoisotopic (exact) mass is 270 g/mol. The summed E-state index contributed by atoms with van der Waals surface area (Å²) in [6.07, 6.45) is -0.776. The number of anilines is 2. The topological polar surface area (TPSA) is 47.3 Å². The molecule has 20 heavy (non-hydrogen) atoms. The van der Waals surface area contributed by atoms with Crippen molar-refractivity contribution in [2.24, 2.45) is 0 Å². The summed E-state index contributed by atoms with van der Waals surface area (Å²) >= 11 is 0. The Kier molecular flexibility index (Phi) is 4.02. The molecule has 0 bridgehead atoms. The Labute approximate surface area is 117 Å². The van der Waals surface area contributed by atoms with Crippen molar-refractivity contribution in [3.8, 4) is 6.07 Å². The van der Waals surface area contributed by atoms with Gasteiger partial charge >= 0.3 is 0 Å². The summed E-state index contributed by atoms with van der Waals surface area (Å²) in [5.41, 5.74) is 2.57. The molecule has 0 unspecified atom stereocenters. The van der Waals surface area contributed by atoms with Crippen LogP contribution < -0.4 is 4.90 Å². The Hall–Kier alpha value is -2.38. The maximum atomic E-state index is 13.3. The van der Waals surface area contributed by atoms with E-state index in [0.29, 0.717) is 16.8 Å². The van der Waals surface area contributed by atoms with Crippen LogP contribution in [0.5, 0.6) is 0 Å². The molecule has 2 aromatic carbocycles. The summed E-state index contributed by atoms with van der Waals surface area (Å²) < 4.78 is 13.3. The summed E-state index contributed by atoms with van der Waals surface area (Å²) in [4.78, 5) is 1.82. The number of hydrogen-bond acceptors (Lipinski definition) is 3. The van der Waals surface area contributed by atoms with Crippen LogP contribution in [0.2, 0.25) is 0 Å². The lowest BCUT2D eigenvalue weighted by Crippen LogP contribution is -2.13. The van der Waals surface area contributed by atoms with Gasteiger partial charge in [-0.3, -0.25) is 0 Å². The third-order valence-corrected chi connectivity index (χ3v) is 3.16. The van der Waals surface area contributed by atoms with Crippen LogP contribution in [-0.2, 0) is 0 Å². The summed E-state index contributed by atoms with van der Waals surface area (Å²) in [5.74, 6) is -0.385. The van der Waals surface area contributed by atoms with Gasteiger partial charge in [0.25, 0.3) is 0 Å². The maximum absolute atomic E-state index is 13.3. The van der Waals surface area contributed by atoms with E-state index in [9.17, 15) is 9.50 Å². The van der Waals surface area contributed by atoms with Crippen molar-refractivity contribution < 1.29 is 9.50 Å². The average Bonchev–Trinajstić information content (AvgIpc) is 2.46. The van der Waals surface area contributed by atoms with Crippen LogP contribution >= 0.6 is 0 Å². The first kappa shape index (κ1) is 14.0. The Morgan fingerprint density at radius 3 is 2.65 bits per heavy atom. The number of halogens is 1.